The van der Waals surface area contributed by atoms with E-state index in [-0.39, 0.29) is 0 Å². The van der Waals surface area contributed by atoms with Crippen LogP contribution in [-0.4, -0.2) is 16.6 Å². The molecule has 0 saturated carbocycles. The van der Waals surface area contributed by atoms with Gasteiger partial charge in [0, 0.05) is 19.4 Å². The third-order valence-electron chi connectivity index (χ3n) is 1.40. The maximum absolute atomic E-state index is 4.10. The lowest BCUT2D eigenvalue weighted by atomic mass is 10.5. The summed E-state index contributed by atoms with van der Waals surface area (Å²) in [5.74, 6) is 0. The van der Waals surface area contributed by atoms with Crippen molar-refractivity contribution in [2.45, 2.75) is 6.92 Å². The van der Waals surface area contributed by atoms with E-state index in [2.05, 4.69) is 16.6 Å². The Bertz CT molecular complexity index is 322. The lowest BCUT2D eigenvalue weighted by molar-refractivity contribution is 0.930. The molecule has 0 amide bonds. The molecule has 11 heavy (non-hydrogen) atoms. The molecule has 0 fully saturated rings. The molecule has 3 heteroatoms. The highest BCUT2D eigenvalue weighted by atomic mass is 15.0. The predicted molar refractivity (Wildman–Crippen MR) is 44.8 cm³/mol. The minimum Gasteiger partial charge on any atom is -0.306 e. The number of hydrogen-bond acceptors (Lipinski definition) is 2. The third kappa shape index (κ3) is 1.55. The Balaban J connectivity index is 3.40. The summed E-state index contributed by atoms with van der Waals surface area (Å²) in [5.41, 5.74) is 1.77. The van der Waals surface area contributed by atoms with Crippen LogP contribution >= 0.6 is 0 Å². The summed E-state index contributed by atoms with van der Waals surface area (Å²) in [5, 5.41) is 0. The summed E-state index contributed by atoms with van der Waals surface area (Å²) in [7, 11) is 1.73. The van der Waals surface area contributed by atoms with Crippen molar-refractivity contribution in [1.82, 2.24) is 9.55 Å². The van der Waals surface area contributed by atoms with Gasteiger partial charge in [-0.2, -0.15) is 0 Å². The first kappa shape index (κ1) is 7.72. The molecular formula is C8H11N3. The molecule has 0 spiro atoms. The normalized spacial score (nSPS) is 11.6. The highest BCUT2D eigenvalue weighted by Gasteiger charge is 1.88. The van der Waals surface area contributed by atoms with Crippen LogP contribution in [0.15, 0.2) is 24.0 Å². The van der Waals surface area contributed by atoms with E-state index in [9.17, 15) is 0 Å². The second-order valence-electron chi connectivity index (χ2n) is 2.20. The maximum atomic E-state index is 4.10. The summed E-state index contributed by atoms with van der Waals surface area (Å²) >= 11 is 0. The number of hydrogen-bond donors (Lipinski definition) is 0. The lowest BCUT2D eigenvalue weighted by Crippen LogP contribution is -2.16. The van der Waals surface area contributed by atoms with Crippen molar-refractivity contribution in [2.75, 3.05) is 7.05 Å². The van der Waals surface area contributed by atoms with Gasteiger partial charge < -0.3 is 4.57 Å². The van der Waals surface area contributed by atoms with Crippen LogP contribution in [0.5, 0.6) is 0 Å². The Labute approximate surface area is 65.7 Å². The smallest absolute Gasteiger partial charge is 0.150 e. The van der Waals surface area contributed by atoms with E-state index in [4.69, 9.17) is 0 Å². The SMILES string of the molecule is C=Cn1cc(C)ncc1=NC. The van der Waals surface area contributed by atoms with Gasteiger partial charge in [0.05, 0.1) is 11.9 Å². The fourth-order valence-corrected chi connectivity index (χ4v) is 0.846. The van der Waals surface area contributed by atoms with Crippen LogP contribution in [0, 0.1) is 6.92 Å². The van der Waals surface area contributed by atoms with Crippen molar-refractivity contribution < 1.29 is 0 Å². The van der Waals surface area contributed by atoms with E-state index in [1.54, 1.807) is 19.4 Å². The molecule has 0 N–H and O–H groups in total. The highest BCUT2D eigenvalue weighted by Crippen LogP contribution is 1.86. The van der Waals surface area contributed by atoms with Gasteiger partial charge in [-0.05, 0) is 6.92 Å². The van der Waals surface area contributed by atoms with E-state index < -0.39 is 0 Å². The fourth-order valence-electron chi connectivity index (χ4n) is 0.846. The molecule has 1 aromatic heterocycles. The van der Waals surface area contributed by atoms with Gasteiger partial charge in [-0.3, -0.25) is 9.98 Å². The van der Waals surface area contributed by atoms with Crippen molar-refractivity contribution in [2.24, 2.45) is 4.99 Å². The van der Waals surface area contributed by atoms with E-state index in [0.29, 0.717) is 0 Å². The summed E-state index contributed by atoms with van der Waals surface area (Å²) in [6.07, 6.45) is 5.31. The minimum absolute atomic E-state index is 0.811. The summed E-state index contributed by atoms with van der Waals surface area (Å²) in [4.78, 5) is 8.11. The summed E-state index contributed by atoms with van der Waals surface area (Å²) in [6.45, 7) is 5.59. The number of rotatable bonds is 1. The Hall–Kier alpha value is -1.38. The molecule has 1 heterocycles. The predicted octanol–water partition coefficient (Wildman–Crippen LogP) is 0.823. The largest absolute Gasteiger partial charge is 0.306 e. The molecule has 0 aliphatic rings. The zero-order chi connectivity index (χ0) is 8.27. The van der Waals surface area contributed by atoms with Gasteiger partial charge in [0.25, 0.3) is 0 Å². The minimum atomic E-state index is 0.811. The van der Waals surface area contributed by atoms with Gasteiger partial charge in [-0.15, -0.1) is 0 Å². The molecule has 0 aliphatic heterocycles. The van der Waals surface area contributed by atoms with Crippen LogP contribution in [0.2, 0.25) is 0 Å². The van der Waals surface area contributed by atoms with Gasteiger partial charge in [0.1, 0.15) is 5.49 Å². The number of nitrogens with zero attached hydrogens (tertiary/aromatic N) is 3. The molecule has 1 rings (SSSR count). The monoisotopic (exact) mass is 149 g/mol. The average molecular weight is 149 g/mol. The van der Waals surface area contributed by atoms with Crippen LogP contribution in [0.4, 0.5) is 0 Å². The van der Waals surface area contributed by atoms with E-state index in [1.807, 2.05) is 17.7 Å². The van der Waals surface area contributed by atoms with Crippen molar-refractivity contribution in [3.8, 4) is 0 Å². The number of aromatic nitrogens is 2. The zero-order valence-electron chi connectivity index (χ0n) is 6.78. The molecule has 0 aromatic carbocycles. The first-order chi connectivity index (χ1) is 5.27. The van der Waals surface area contributed by atoms with Crippen molar-refractivity contribution >= 4 is 6.20 Å². The van der Waals surface area contributed by atoms with E-state index >= 15 is 0 Å². The second kappa shape index (κ2) is 3.14. The third-order valence-corrected chi connectivity index (χ3v) is 1.40. The van der Waals surface area contributed by atoms with Crippen LogP contribution in [0.25, 0.3) is 6.20 Å². The Morgan fingerprint density at radius 1 is 1.73 bits per heavy atom. The van der Waals surface area contributed by atoms with E-state index in [1.165, 1.54) is 0 Å². The first-order valence-electron chi connectivity index (χ1n) is 3.38. The molecule has 0 bridgehead atoms. The van der Waals surface area contributed by atoms with Crippen molar-refractivity contribution in [3.63, 3.8) is 0 Å². The molecular weight excluding hydrogens is 138 g/mol. The summed E-state index contributed by atoms with van der Waals surface area (Å²) in [6, 6.07) is 0. The molecule has 0 atom stereocenters. The van der Waals surface area contributed by atoms with Crippen molar-refractivity contribution in [3.05, 3.63) is 30.2 Å². The van der Waals surface area contributed by atoms with Crippen LogP contribution < -0.4 is 5.49 Å². The van der Waals surface area contributed by atoms with Crippen LogP contribution in [-0.2, 0) is 0 Å². The van der Waals surface area contributed by atoms with Gasteiger partial charge in [-0.1, -0.05) is 6.58 Å². The zero-order valence-corrected chi connectivity index (χ0v) is 6.78. The molecule has 0 radical (unpaired) electrons. The Morgan fingerprint density at radius 2 is 2.45 bits per heavy atom. The van der Waals surface area contributed by atoms with Gasteiger partial charge >= 0.3 is 0 Å². The second-order valence-corrected chi connectivity index (χ2v) is 2.20. The molecule has 1 aromatic rings. The van der Waals surface area contributed by atoms with Gasteiger partial charge in [-0.25, -0.2) is 0 Å². The van der Waals surface area contributed by atoms with E-state index in [0.717, 1.165) is 11.2 Å². The summed E-state index contributed by atoms with van der Waals surface area (Å²) < 4.78 is 1.84. The van der Waals surface area contributed by atoms with Crippen molar-refractivity contribution in [1.29, 1.82) is 0 Å². The molecule has 0 unspecified atom stereocenters. The van der Waals surface area contributed by atoms with Gasteiger partial charge in [0.2, 0.25) is 0 Å². The average Bonchev–Trinajstić information content (AvgIpc) is 2.04. The fraction of sp³-hybridized carbons (Fsp3) is 0.250. The lowest BCUT2D eigenvalue weighted by Gasteiger charge is -1.99. The molecule has 58 valence electrons. The number of aryl methyl sites for hydroxylation is 1. The topological polar surface area (TPSA) is 30.2 Å². The van der Waals surface area contributed by atoms with Crippen LogP contribution in [0.1, 0.15) is 5.69 Å². The standard InChI is InChI=1S/C8H11N3/c1-4-11-6-7(2)10-5-8(11)9-3/h4-6H,1H2,2-3H3. The molecule has 0 saturated heterocycles. The van der Waals surface area contributed by atoms with Gasteiger partial charge in [0.15, 0.2) is 0 Å². The first-order valence-corrected chi connectivity index (χ1v) is 3.38. The molecule has 3 nitrogen and oxygen atoms in total. The quantitative estimate of drug-likeness (QED) is 0.581. The Morgan fingerprint density at radius 3 is 3.00 bits per heavy atom. The van der Waals surface area contributed by atoms with Crippen LogP contribution in [0.3, 0.4) is 0 Å². The maximum Gasteiger partial charge on any atom is 0.150 e. The highest BCUT2D eigenvalue weighted by molar-refractivity contribution is 5.16. The molecule has 0 aliphatic carbocycles. The Kier molecular flexibility index (Phi) is 2.21.